The van der Waals surface area contributed by atoms with Crippen LogP contribution in [-0.4, -0.2) is 25.1 Å². The Morgan fingerprint density at radius 1 is 1.11 bits per heavy atom. The number of hydrogen-bond acceptors (Lipinski definition) is 7. The maximum absolute atomic E-state index is 13.4. The van der Waals surface area contributed by atoms with E-state index in [9.17, 15) is 14.4 Å². The van der Waals surface area contributed by atoms with Crippen LogP contribution in [0.3, 0.4) is 0 Å². The smallest absolute Gasteiger partial charge is 0.341 e. The molecule has 7 nitrogen and oxygen atoms in total. The van der Waals surface area contributed by atoms with Crippen LogP contribution < -0.4 is 15.5 Å². The Balaban J connectivity index is 1.68. The highest BCUT2D eigenvalue weighted by molar-refractivity contribution is 7.16. The molecular formula is C27H24ClNO6S. The summed E-state index contributed by atoms with van der Waals surface area (Å²) in [6.45, 7) is 6.95. The van der Waals surface area contributed by atoms with Gasteiger partial charge in [-0.15, -0.1) is 11.3 Å². The van der Waals surface area contributed by atoms with E-state index in [2.05, 4.69) is 5.32 Å². The van der Waals surface area contributed by atoms with Crippen LogP contribution in [0.2, 0.25) is 5.02 Å². The van der Waals surface area contributed by atoms with Crippen LogP contribution in [0, 0.1) is 20.8 Å². The predicted molar refractivity (Wildman–Crippen MR) is 142 cm³/mol. The number of benzene rings is 2. The minimum absolute atomic E-state index is 0.125. The fourth-order valence-corrected chi connectivity index (χ4v) is 5.00. The summed E-state index contributed by atoms with van der Waals surface area (Å²) in [4.78, 5) is 39.5. The number of aryl methyl sites for hydroxylation is 2. The van der Waals surface area contributed by atoms with Gasteiger partial charge in [0.25, 0.3) is 5.91 Å². The van der Waals surface area contributed by atoms with E-state index in [-0.39, 0.29) is 18.1 Å². The van der Waals surface area contributed by atoms with Gasteiger partial charge in [-0.3, -0.25) is 9.59 Å². The minimum Gasteiger partial charge on any atom is -0.476 e. The SMILES string of the molecule is CCOC(=O)c1c(NC(=O)COc2c(-c3ccccc3Cl)oc3ccc(C)cc3c2=O)sc(C)c1C. The zero-order valence-electron chi connectivity index (χ0n) is 20.2. The zero-order valence-corrected chi connectivity index (χ0v) is 21.8. The summed E-state index contributed by atoms with van der Waals surface area (Å²) in [5.74, 6) is -1.05. The second-order valence-electron chi connectivity index (χ2n) is 8.11. The Bertz CT molecular complexity index is 1540. The topological polar surface area (TPSA) is 94.8 Å². The number of rotatable bonds is 7. The summed E-state index contributed by atoms with van der Waals surface area (Å²) in [7, 11) is 0. The molecule has 0 bridgehead atoms. The molecule has 4 aromatic rings. The second-order valence-corrected chi connectivity index (χ2v) is 9.75. The number of fused-ring (bicyclic) bond motifs is 1. The summed E-state index contributed by atoms with van der Waals surface area (Å²) >= 11 is 7.65. The van der Waals surface area contributed by atoms with E-state index in [0.29, 0.717) is 32.1 Å². The van der Waals surface area contributed by atoms with Crippen molar-refractivity contribution >= 4 is 50.8 Å². The average Bonchev–Trinajstić information content (AvgIpc) is 3.12. The number of carbonyl (C=O) groups is 2. The van der Waals surface area contributed by atoms with E-state index in [1.165, 1.54) is 11.3 Å². The van der Waals surface area contributed by atoms with Gasteiger partial charge in [0.1, 0.15) is 10.6 Å². The second kappa shape index (κ2) is 10.6. The fourth-order valence-electron chi connectivity index (χ4n) is 3.71. The van der Waals surface area contributed by atoms with Crippen molar-refractivity contribution in [1.29, 1.82) is 0 Å². The highest BCUT2D eigenvalue weighted by Gasteiger charge is 2.24. The highest BCUT2D eigenvalue weighted by Crippen LogP contribution is 2.36. The molecule has 0 fully saturated rings. The summed E-state index contributed by atoms with van der Waals surface area (Å²) in [5.41, 5.74) is 2.34. The van der Waals surface area contributed by atoms with E-state index in [4.69, 9.17) is 25.5 Å². The quantitative estimate of drug-likeness (QED) is 0.285. The molecule has 0 saturated heterocycles. The first-order chi connectivity index (χ1) is 17.2. The van der Waals surface area contributed by atoms with Gasteiger partial charge in [-0.1, -0.05) is 35.4 Å². The molecule has 36 heavy (non-hydrogen) atoms. The van der Waals surface area contributed by atoms with Crippen LogP contribution in [-0.2, 0) is 9.53 Å². The summed E-state index contributed by atoms with van der Waals surface area (Å²) in [6.07, 6.45) is 0. The van der Waals surface area contributed by atoms with Gasteiger partial charge >= 0.3 is 5.97 Å². The van der Waals surface area contributed by atoms with Gasteiger partial charge in [-0.05, 0) is 57.5 Å². The lowest BCUT2D eigenvalue weighted by molar-refractivity contribution is -0.118. The Hall–Kier alpha value is -3.62. The number of halogens is 1. The van der Waals surface area contributed by atoms with E-state index < -0.39 is 23.9 Å². The lowest BCUT2D eigenvalue weighted by atomic mass is 10.1. The zero-order chi connectivity index (χ0) is 26.0. The molecule has 186 valence electrons. The van der Waals surface area contributed by atoms with Crippen molar-refractivity contribution in [2.24, 2.45) is 0 Å². The van der Waals surface area contributed by atoms with Gasteiger partial charge in [-0.2, -0.15) is 0 Å². The first-order valence-corrected chi connectivity index (χ1v) is 12.4. The van der Waals surface area contributed by atoms with Gasteiger partial charge in [0.2, 0.25) is 11.2 Å². The van der Waals surface area contributed by atoms with Crippen molar-refractivity contribution in [3.63, 3.8) is 0 Å². The van der Waals surface area contributed by atoms with Crippen molar-refractivity contribution in [3.05, 3.63) is 79.3 Å². The Kier molecular flexibility index (Phi) is 7.47. The molecule has 9 heteroatoms. The minimum atomic E-state index is -0.546. The monoisotopic (exact) mass is 525 g/mol. The van der Waals surface area contributed by atoms with Crippen molar-refractivity contribution in [2.75, 3.05) is 18.5 Å². The van der Waals surface area contributed by atoms with Crippen molar-refractivity contribution < 1.29 is 23.5 Å². The van der Waals surface area contributed by atoms with Gasteiger partial charge in [0, 0.05) is 10.4 Å². The Morgan fingerprint density at radius 3 is 2.58 bits per heavy atom. The highest BCUT2D eigenvalue weighted by atomic mass is 35.5. The van der Waals surface area contributed by atoms with Crippen LogP contribution in [0.1, 0.15) is 33.3 Å². The maximum Gasteiger partial charge on any atom is 0.341 e. The molecule has 0 unspecified atom stereocenters. The number of amides is 1. The molecule has 0 radical (unpaired) electrons. The van der Waals surface area contributed by atoms with Crippen LogP contribution in [0.15, 0.2) is 51.7 Å². The van der Waals surface area contributed by atoms with Gasteiger partial charge in [0.15, 0.2) is 12.4 Å². The van der Waals surface area contributed by atoms with Crippen molar-refractivity contribution in [1.82, 2.24) is 0 Å². The van der Waals surface area contributed by atoms with Crippen molar-refractivity contribution in [3.8, 4) is 17.1 Å². The number of carbonyl (C=O) groups excluding carboxylic acids is 2. The molecule has 0 aliphatic carbocycles. The molecule has 0 atom stereocenters. The largest absolute Gasteiger partial charge is 0.476 e. The molecule has 1 N–H and O–H groups in total. The Morgan fingerprint density at radius 2 is 1.86 bits per heavy atom. The third kappa shape index (κ3) is 5.01. The molecule has 2 aromatic carbocycles. The lowest BCUT2D eigenvalue weighted by Gasteiger charge is -2.13. The molecule has 2 heterocycles. The molecule has 0 aliphatic rings. The molecule has 1 amide bonds. The number of hydrogen-bond donors (Lipinski definition) is 1. The average molecular weight is 526 g/mol. The maximum atomic E-state index is 13.4. The fraction of sp³-hybridized carbons (Fsp3) is 0.222. The first-order valence-electron chi connectivity index (χ1n) is 11.2. The third-order valence-electron chi connectivity index (χ3n) is 5.59. The van der Waals surface area contributed by atoms with E-state index in [1.807, 2.05) is 19.9 Å². The summed E-state index contributed by atoms with van der Waals surface area (Å²) < 4.78 is 16.9. The van der Waals surface area contributed by atoms with Gasteiger partial charge in [-0.25, -0.2) is 4.79 Å². The molecule has 2 aromatic heterocycles. The predicted octanol–water partition coefficient (Wildman–Crippen LogP) is 6.29. The normalized spacial score (nSPS) is 10.9. The summed E-state index contributed by atoms with van der Waals surface area (Å²) in [6, 6.07) is 12.1. The number of esters is 1. The third-order valence-corrected chi connectivity index (χ3v) is 7.04. The number of nitrogens with one attached hydrogen (secondary N) is 1. The van der Waals surface area contributed by atoms with Crippen LogP contribution in [0.5, 0.6) is 5.75 Å². The van der Waals surface area contributed by atoms with Crippen LogP contribution >= 0.6 is 22.9 Å². The molecule has 0 saturated carbocycles. The van der Waals surface area contributed by atoms with Crippen molar-refractivity contribution in [2.45, 2.75) is 27.7 Å². The molecule has 0 spiro atoms. The molecule has 4 rings (SSSR count). The van der Waals surface area contributed by atoms with Crippen LogP contribution in [0.4, 0.5) is 5.00 Å². The number of ether oxygens (including phenoxy) is 2. The van der Waals surface area contributed by atoms with E-state index in [0.717, 1.165) is 16.0 Å². The summed E-state index contributed by atoms with van der Waals surface area (Å²) in [5, 5.41) is 3.77. The number of anilines is 1. The number of thiophene rings is 1. The van der Waals surface area contributed by atoms with Crippen LogP contribution in [0.25, 0.3) is 22.3 Å². The molecular weight excluding hydrogens is 502 g/mol. The standard InChI is InChI=1S/C27H24ClNO6S/c1-5-33-27(32)22-15(3)16(4)36-26(22)29-21(30)13-34-25-23(31)18-12-14(2)10-11-20(18)35-24(25)17-8-6-7-9-19(17)28/h6-12H,5,13H2,1-4H3,(H,29,30). The van der Waals surface area contributed by atoms with Gasteiger partial charge < -0.3 is 19.2 Å². The first kappa shape index (κ1) is 25.5. The van der Waals surface area contributed by atoms with Gasteiger partial charge in [0.05, 0.1) is 22.6 Å². The Labute approximate surface area is 216 Å². The molecule has 0 aliphatic heterocycles. The van der Waals surface area contributed by atoms with E-state index in [1.54, 1.807) is 50.2 Å². The lowest BCUT2D eigenvalue weighted by Crippen LogP contribution is -2.23. The van der Waals surface area contributed by atoms with E-state index >= 15 is 0 Å².